The van der Waals surface area contributed by atoms with Gasteiger partial charge in [-0.05, 0) is 64.9 Å². The zero-order valence-corrected chi connectivity index (χ0v) is 16.7. The fraction of sp³-hybridized carbons (Fsp3) is 0.381. The summed E-state index contributed by atoms with van der Waals surface area (Å²) in [5.41, 5.74) is 3.80. The molecule has 0 aliphatic carbocycles. The highest BCUT2D eigenvalue weighted by atomic mass is 79.9. The highest BCUT2D eigenvalue weighted by Crippen LogP contribution is 2.28. The third-order valence-corrected chi connectivity index (χ3v) is 4.69. The standard InChI is InChI=1S/C21H26BrNO2/c1-15(2)18-10-11-20(19(22)13-18)25-14-21(24)23-12-4-5-17-8-6-16(3)7-9-17/h6-11,13,15H,4-5,12,14H2,1-3H3,(H,23,24). The minimum Gasteiger partial charge on any atom is -0.483 e. The number of amides is 1. The lowest BCUT2D eigenvalue weighted by atomic mass is 10.0. The smallest absolute Gasteiger partial charge is 0.257 e. The van der Waals surface area contributed by atoms with E-state index in [-0.39, 0.29) is 12.5 Å². The van der Waals surface area contributed by atoms with Crippen molar-refractivity contribution in [1.29, 1.82) is 0 Å². The highest BCUT2D eigenvalue weighted by molar-refractivity contribution is 9.10. The Bertz CT molecular complexity index is 696. The Morgan fingerprint density at radius 1 is 1.16 bits per heavy atom. The van der Waals surface area contributed by atoms with Gasteiger partial charge in [-0.2, -0.15) is 0 Å². The maximum Gasteiger partial charge on any atom is 0.257 e. The molecule has 0 aliphatic heterocycles. The van der Waals surface area contributed by atoms with Crippen molar-refractivity contribution in [3.63, 3.8) is 0 Å². The summed E-state index contributed by atoms with van der Waals surface area (Å²) in [7, 11) is 0. The molecular formula is C21H26BrNO2. The molecule has 1 amide bonds. The van der Waals surface area contributed by atoms with Crippen molar-refractivity contribution in [2.24, 2.45) is 0 Å². The molecule has 134 valence electrons. The number of rotatable bonds is 8. The lowest BCUT2D eigenvalue weighted by Gasteiger charge is -2.11. The van der Waals surface area contributed by atoms with Gasteiger partial charge in [0, 0.05) is 6.54 Å². The van der Waals surface area contributed by atoms with Gasteiger partial charge in [0.15, 0.2) is 6.61 Å². The SMILES string of the molecule is Cc1ccc(CCCNC(=O)COc2ccc(C(C)C)cc2Br)cc1. The number of aryl methyl sites for hydroxylation is 2. The Morgan fingerprint density at radius 2 is 1.88 bits per heavy atom. The molecule has 0 radical (unpaired) electrons. The molecule has 0 fully saturated rings. The van der Waals surface area contributed by atoms with Gasteiger partial charge in [0.2, 0.25) is 0 Å². The van der Waals surface area contributed by atoms with Crippen LogP contribution in [0, 0.1) is 6.92 Å². The molecule has 0 saturated heterocycles. The van der Waals surface area contributed by atoms with Gasteiger partial charge in [0.1, 0.15) is 5.75 Å². The van der Waals surface area contributed by atoms with Crippen molar-refractivity contribution in [1.82, 2.24) is 5.32 Å². The number of carbonyl (C=O) groups excluding carboxylic acids is 1. The van der Waals surface area contributed by atoms with Crippen LogP contribution in [-0.2, 0) is 11.2 Å². The summed E-state index contributed by atoms with van der Waals surface area (Å²) in [6, 6.07) is 14.5. The second-order valence-electron chi connectivity index (χ2n) is 6.57. The summed E-state index contributed by atoms with van der Waals surface area (Å²) in [5.74, 6) is 1.06. The minimum absolute atomic E-state index is 0.0319. The van der Waals surface area contributed by atoms with Gasteiger partial charge in [-0.15, -0.1) is 0 Å². The van der Waals surface area contributed by atoms with Crippen molar-refractivity contribution in [2.75, 3.05) is 13.2 Å². The second kappa shape index (κ2) is 9.62. The van der Waals surface area contributed by atoms with E-state index in [1.54, 1.807) is 0 Å². The third kappa shape index (κ3) is 6.54. The number of nitrogens with one attached hydrogen (secondary N) is 1. The Kier molecular flexibility index (Phi) is 7.51. The van der Waals surface area contributed by atoms with Gasteiger partial charge in [-0.3, -0.25) is 4.79 Å². The van der Waals surface area contributed by atoms with E-state index in [4.69, 9.17) is 4.74 Å². The number of ether oxygens (including phenoxy) is 1. The topological polar surface area (TPSA) is 38.3 Å². The Balaban J connectivity index is 1.69. The molecule has 2 aromatic rings. The van der Waals surface area contributed by atoms with Gasteiger partial charge in [0.05, 0.1) is 4.47 Å². The van der Waals surface area contributed by atoms with E-state index in [0.717, 1.165) is 17.3 Å². The van der Waals surface area contributed by atoms with Crippen molar-refractivity contribution in [3.8, 4) is 5.75 Å². The molecule has 2 rings (SSSR count). The average molecular weight is 404 g/mol. The van der Waals surface area contributed by atoms with Gasteiger partial charge in [0.25, 0.3) is 5.91 Å². The van der Waals surface area contributed by atoms with E-state index in [9.17, 15) is 4.79 Å². The maximum absolute atomic E-state index is 11.9. The molecular weight excluding hydrogens is 378 g/mol. The number of carbonyl (C=O) groups is 1. The van der Waals surface area contributed by atoms with Crippen molar-refractivity contribution < 1.29 is 9.53 Å². The summed E-state index contributed by atoms with van der Waals surface area (Å²) in [5, 5.41) is 2.90. The molecule has 0 unspecified atom stereocenters. The third-order valence-electron chi connectivity index (χ3n) is 4.07. The van der Waals surface area contributed by atoms with E-state index in [1.807, 2.05) is 18.2 Å². The van der Waals surface area contributed by atoms with Gasteiger partial charge in [-0.25, -0.2) is 0 Å². The summed E-state index contributed by atoms with van der Waals surface area (Å²) in [4.78, 5) is 11.9. The molecule has 1 N–H and O–H groups in total. The van der Waals surface area contributed by atoms with Crippen molar-refractivity contribution in [3.05, 3.63) is 63.6 Å². The summed E-state index contributed by atoms with van der Waals surface area (Å²) < 4.78 is 6.48. The molecule has 4 heteroatoms. The van der Waals surface area contributed by atoms with Crippen molar-refractivity contribution in [2.45, 2.75) is 39.5 Å². The zero-order chi connectivity index (χ0) is 18.2. The fourth-order valence-corrected chi connectivity index (χ4v) is 2.97. The first-order chi connectivity index (χ1) is 12.0. The Labute approximate surface area is 158 Å². The predicted molar refractivity (Wildman–Crippen MR) is 106 cm³/mol. The van der Waals surface area contributed by atoms with Crippen LogP contribution in [0.4, 0.5) is 0 Å². The Hall–Kier alpha value is -1.81. The maximum atomic E-state index is 11.9. The van der Waals surface area contributed by atoms with Crippen LogP contribution in [0.3, 0.4) is 0 Å². The quantitative estimate of drug-likeness (QED) is 0.629. The molecule has 0 aliphatic rings. The molecule has 0 heterocycles. The normalized spacial score (nSPS) is 10.8. The molecule has 3 nitrogen and oxygen atoms in total. The lowest BCUT2D eigenvalue weighted by molar-refractivity contribution is -0.123. The van der Waals surface area contributed by atoms with E-state index >= 15 is 0 Å². The number of benzene rings is 2. The molecule has 0 spiro atoms. The predicted octanol–water partition coefficient (Wildman–Crippen LogP) is 5.01. The number of hydrogen-bond donors (Lipinski definition) is 1. The number of hydrogen-bond acceptors (Lipinski definition) is 2. The van der Waals surface area contributed by atoms with Crippen LogP contribution in [0.15, 0.2) is 46.9 Å². The van der Waals surface area contributed by atoms with Gasteiger partial charge < -0.3 is 10.1 Å². The Morgan fingerprint density at radius 3 is 2.52 bits per heavy atom. The largest absolute Gasteiger partial charge is 0.483 e. The zero-order valence-electron chi connectivity index (χ0n) is 15.1. The fourth-order valence-electron chi connectivity index (χ4n) is 2.46. The second-order valence-corrected chi connectivity index (χ2v) is 7.43. The first kappa shape index (κ1) is 19.5. The van der Waals surface area contributed by atoms with Crippen LogP contribution in [-0.4, -0.2) is 19.1 Å². The number of halogens is 1. The molecule has 0 atom stereocenters. The monoisotopic (exact) mass is 403 g/mol. The van der Waals surface area contributed by atoms with Crippen LogP contribution in [0.25, 0.3) is 0 Å². The lowest BCUT2D eigenvalue weighted by Crippen LogP contribution is -2.30. The van der Waals surface area contributed by atoms with Crippen LogP contribution in [0.2, 0.25) is 0 Å². The molecule has 25 heavy (non-hydrogen) atoms. The first-order valence-corrected chi connectivity index (χ1v) is 9.49. The van der Waals surface area contributed by atoms with E-state index in [2.05, 4.69) is 66.3 Å². The highest BCUT2D eigenvalue weighted by Gasteiger charge is 2.08. The minimum atomic E-state index is -0.0938. The van der Waals surface area contributed by atoms with Crippen LogP contribution < -0.4 is 10.1 Å². The van der Waals surface area contributed by atoms with Gasteiger partial charge >= 0.3 is 0 Å². The molecule has 0 bridgehead atoms. The molecule has 2 aromatic carbocycles. The van der Waals surface area contributed by atoms with Crippen LogP contribution in [0.1, 0.15) is 42.9 Å². The van der Waals surface area contributed by atoms with Crippen LogP contribution in [0.5, 0.6) is 5.75 Å². The van der Waals surface area contributed by atoms with Crippen molar-refractivity contribution >= 4 is 21.8 Å². The first-order valence-electron chi connectivity index (χ1n) is 8.70. The summed E-state index contributed by atoms with van der Waals surface area (Å²) in [6.07, 6.45) is 1.88. The van der Waals surface area contributed by atoms with E-state index in [1.165, 1.54) is 16.7 Å². The summed E-state index contributed by atoms with van der Waals surface area (Å²) >= 11 is 3.50. The van der Waals surface area contributed by atoms with E-state index < -0.39 is 0 Å². The van der Waals surface area contributed by atoms with E-state index in [0.29, 0.717) is 18.2 Å². The average Bonchev–Trinajstić information content (AvgIpc) is 2.59. The van der Waals surface area contributed by atoms with Gasteiger partial charge in [-0.1, -0.05) is 49.7 Å². The summed E-state index contributed by atoms with van der Waals surface area (Å²) in [6.45, 7) is 7.06. The molecule has 0 saturated carbocycles. The molecule has 0 aromatic heterocycles. The van der Waals surface area contributed by atoms with Crippen LogP contribution >= 0.6 is 15.9 Å².